The van der Waals surface area contributed by atoms with Crippen molar-refractivity contribution >= 4 is 17.9 Å². The van der Waals surface area contributed by atoms with Crippen molar-refractivity contribution in [3.63, 3.8) is 0 Å². The van der Waals surface area contributed by atoms with Gasteiger partial charge in [-0.2, -0.15) is 0 Å². The molecule has 0 bridgehead atoms. The van der Waals surface area contributed by atoms with E-state index in [4.69, 9.17) is 14.2 Å². The van der Waals surface area contributed by atoms with Gasteiger partial charge < -0.3 is 14.2 Å². The maximum atomic E-state index is 12.9. The Balaban J connectivity index is 4.10. The minimum absolute atomic E-state index is 0.0784. The molecule has 0 aliphatic rings. The SMILES string of the molecule is CCCC/C=C\CCCCCCCC(=O)OCC(COC(=O)CCCCCCCCCCCCCCCCCCCCC/C=C\CCCCCCCCCC)OC(=O)CCCCCCC/C=C\C/C=C\CCCCC. The lowest BCUT2D eigenvalue weighted by molar-refractivity contribution is -0.167. The molecule has 0 saturated heterocycles. The second kappa shape index (κ2) is 63.9. The number of ether oxygens (including phenoxy) is 3. The summed E-state index contributed by atoms with van der Waals surface area (Å²) in [4.78, 5) is 38.2. The molecular formula is C69H126O6. The van der Waals surface area contributed by atoms with E-state index in [1.807, 2.05) is 0 Å². The fourth-order valence-corrected chi connectivity index (χ4v) is 9.75. The molecular weight excluding hydrogens is 925 g/mol. The largest absolute Gasteiger partial charge is 0.462 e. The Morgan fingerprint density at radius 3 is 0.813 bits per heavy atom. The number of allylic oxidation sites excluding steroid dienone is 8. The Kier molecular flexibility index (Phi) is 61.7. The van der Waals surface area contributed by atoms with Gasteiger partial charge in [-0.05, 0) is 96.3 Å². The summed E-state index contributed by atoms with van der Waals surface area (Å²) in [6.07, 6.45) is 80.1. The van der Waals surface area contributed by atoms with Gasteiger partial charge in [-0.3, -0.25) is 14.4 Å². The van der Waals surface area contributed by atoms with E-state index in [1.54, 1.807) is 0 Å². The van der Waals surface area contributed by atoms with Gasteiger partial charge in [0.25, 0.3) is 0 Å². The average molecular weight is 1050 g/mol. The van der Waals surface area contributed by atoms with E-state index in [1.165, 1.54) is 225 Å². The lowest BCUT2D eigenvalue weighted by atomic mass is 10.0. The van der Waals surface area contributed by atoms with Crippen molar-refractivity contribution in [2.24, 2.45) is 0 Å². The Morgan fingerprint density at radius 2 is 0.493 bits per heavy atom. The van der Waals surface area contributed by atoms with Crippen LogP contribution in [0.1, 0.15) is 355 Å². The van der Waals surface area contributed by atoms with Crippen molar-refractivity contribution in [3.05, 3.63) is 48.6 Å². The van der Waals surface area contributed by atoms with Crippen LogP contribution in [0.4, 0.5) is 0 Å². The van der Waals surface area contributed by atoms with Gasteiger partial charge in [0.15, 0.2) is 6.10 Å². The summed E-state index contributed by atoms with van der Waals surface area (Å²) in [7, 11) is 0. The predicted molar refractivity (Wildman–Crippen MR) is 325 cm³/mol. The van der Waals surface area contributed by atoms with E-state index in [0.717, 1.165) is 89.9 Å². The topological polar surface area (TPSA) is 78.9 Å². The molecule has 0 radical (unpaired) electrons. The van der Waals surface area contributed by atoms with Crippen LogP contribution in [0.2, 0.25) is 0 Å². The number of hydrogen-bond donors (Lipinski definition) is 0. The summed E-state index contributed by atoms with van der Waals surface area (Å²) < 4.78 is 16.9. The third kappa shape index (κ3) is 62.1. The predicted octanol–water partition coefficient (Wildman–Crippen LogP) is 22.6. The van der Waals surface area contributed by atoms with Gasteiger partial charge in [-0.1, -0.05) is 288 Å². The van der Waals surface area contributed by atoms with Crippen molar-refractivity contribution in [3.8, 4) is 0 Å². The standard InChI is InChI=1S/C69H126O6/c1-4-7-10-13-16-19-22-24-26-27-28-29-30-31-32-33-34-35-36-37-38-39-40-41-43-44-47-50-53-56-59-62-68(71)74-65-66(64-73-67(70)61-58-55-52-49-46-21-18-15-12-9-6-3)75-69(72)63-60-57-54-51-48-45-42-25-23-20-17-14-11-8-5-2/h15,17-18,20,25,27-28,42,66H,4-14,16,19,21-24,26,29-41,43-65H2,1-3H3/b18-15-,20-17-,28-27-,42-25-. The number of carbonyl (C=O) groups is 3. The Bertz CT molecular complexity index is 1300. The Labute approximate surface area is 467 Å². The van der Waals surface area contributed by atoms with Crippen molar-refractivity contribution in [2.45, 2.75) is 361 Å². The zero-order chi connectivity index (χ0) is 54.3. The number of carbonyl (C=O) groups excluding carboxylic acids is 3. The number of unbranched alkanes of at least 4 members (excludes halogenated alkanes) is 42. The molecule has 1 atom stereocenters. The van der Waals surface area contributed by atoms with Gasteiger partial charge >= 0.3 is 17.9 Å². The van der Waals surface area contributed by atoms with Crippen LogP contribution in [0.15, 0.2) is 48.6 Å². The molecule has 1 unspecified atom stereocenters. The zero-order valence-corrected chi connectivity index (χ0v) is 50.3. The normalized spacial score (nSPS) is 12.3. The molecule has 0 aromatic carbocycles. The van der Waals surface area contributed by atoms with Gasteiger partial charge in [0.2, 0.25) is 0 Å². The highest BCUT2D eigenvalue weighted by Gasteiger charge is 2.19. The monoisotopic (exact) mass is 1050 g/mol. The quantitative estimate of drug-likeness (QED) is 0.0261. The molecule has 0 aliphatic carbocycles. The molecule has 0 fully saturated rings. The maximum absolute atomic E-state index is 12.9. The van der Waals surface area contributed by atoms with E-state index in [0.29, 0.717) is 19.3 Å². The van der Waals surface area contributed by atoms with Crippen LogP contribution in [-0.4, -0.2) is 37.2 Å². The summed E-state index contributed by atoms with van der Waals surface area (Å²) in [5, 5.41) is 0. The van der Waals surface area contributed by atoms with Crippen LogP contribution in [0.5, 0.6) is 0 Å². The third-order valence-electron chi connectivity index (χ3n) is 14.8. The summed E-state index contributed by atoms with van der Waals surface area (Å²) in [6, 6.07) is 0. The maximum Gasteiger partial charge on any atom is 0.306 e. The first-order valence-corrected chi connectivity index (χ1v) is 33.1. The third-order valence-corrected chi connectivity index (χ3v) is 14.8. The van der Waals surface area contributed by atoms with Gasteiger partial charge in [-0.15, -0.1) is 0 Å². The van der Waals surface area contributed by atoms with Crippen molar-refractivity contribution in [2.75, 3.05) is 13.2 Å². The smallest absolute Gasteiger partial charge is 0.306 e. The zero-order valence-electron chi connectivity index (χ0n) is 50.3. The Morgan fingerprint density at radius 1 is 0.267 bits per heavy atom. The molecule has 0 spiro atoms. The second-order valence-corrected chi connectivity index (χ2v) is 22.4. The lowest BCUT2D eigenvalue weighted by Crippen LogP contribution is -2.30. The minimum atomic E-state index is -0.782. The Hall–Kier alpha value is -2.63. The molecule has 6 nitrogen and oxygen atoms in total. The molecule has 0 aromatic rings. The molecule has 438 valence electrons. The molecule has 0 aliphatic heterocycles. The van der Waals surface area contributed by atoms with Crippen LogP contribution in [-0.2, 0) is 28.6 Å². The molecule has 6 heteroatoms. The van der Waals surface area contributed by atoms with E-state index < -0.39 is 6.10 Å². The molecule has 0 amide bonds. The summed E-state index contributed by atoms with van der Waals surface area (Å²) in [5.41, 5.74) is 0. The molecule has 0 rings (SSSR count). The summed E-state index contributed by atoms with van der Waals surface area (Å²) >= 11 is 0. The molecule has 0 heterocycles. The van der Waals surface area contributed by atoms with E-state index >= 15 is 0 Å². The van der Waals surface area contributed by atoms with Crippen LogP contribution < -0.4 is 0 Å². The summed E-state index contributed by atoms with van der Waals surface area (Å²) in [5.74, 6) is -0.885. The fraction of sp³-hybridized carbons (Fsp3) is 0.841. The minimum Gasteiger partial charge on any atom is -0.462 e. The van der Waals surface area contributed by atoms with Crippen molar-refractivity contribution in [1.29, 1.82) is 0 Å². The number of hydrogen-bond acceptors (Lipinski definition) is 6. The molecule has 0 N–H and O–H groups in total. The van der Waals surface area contributed by atoms with Gasteiger partial charge in [-0.25, -0.2) is 0 Å². The molecule has 0 saturated carbocycles. The van der Waals surface area contributed by atoms with Crippen molar-refractivity contribution in [1.82, 2.24) is 0 Å². The molecule has 75 heavy (non-hydrogen) atoms. The second-order valence-electron chi connectivity index (χ2n) is 22.4. The van der Waals surface area contributed by atoms with Crippen LogP contribution in [0.25, 0.3) is 0 Å². The van der Waals surface area contributed by atoms with Crippen LogP contribution >= 0.6 is 0 Å². The van der Waals surface area contributed by atoms with Crippen molar-refractivity contribution < 1.29 is 28.6 Å². The lowest BCUT2D eigenvalue weighted by Gasteiger charge is -2.18. The summed E-state index contributed by atoms with van der Waals surface area (Å²) in [6.45, 7) is 6.60. The van der Waals surface area contributed by atoms with Gasteiger partial charge in [0.1, 0.15) is 13.2 Å². The van der Waals surface area contributed by atoms with E-state index in [-0.39, 0.29) is 31.1 Å². The van der Waals surface area contributed by atoms with E-state index in [2.05, 4.69) is 69.4 Å². The first-order chi connectivity index (χ1) is 37.0. The molecule has 0 aromatic heterocycles. The highest BCUT2D eigenvalue weighted by atomic mass is 16.6. The highest BCUT2D eigenvalue weighted by molar-refractivity contribution is 5.71. The first-order valence-electron chi connectivity index (χ1n) is 33.1. The van der Waals surface area contributed by atoms with Crippen LogP contribution in [0.3, 0.4) is 0 Å². The number of rotatable bonds is 61. The van der Waals surface area contributed by atoms with E-state index in [9.17, 15) is 14.4 Å². The van der Waals surface area contributed by atoms with Gasteiger partial charge in [0, 0.05) is 19.3 Å². The van der Waals surface area contributed by atoms with Gasteiger partial charge in [0.05, 0.1) is 0 Å². The fourth-order valence-electron chi connectivity index (χ4n) is 9.75. The average Bonchev–Trinajstić information content (AvgIpc) is 3.41. The number of esters is 3. The highest BCUT2D eigenvalue weighted by Crippen LogP contribution is 2.17. The first kappa shape index (κ1) is 72.4. The van der Waals surface area contributed by atoms with Crippen LogP contribution in [0, 0.1) is 0 Å².